The summed E-state index contributed by atoms with van der Waals surface area (Å²) in [5.41, 5.74) is 0.398. The quantitative estimate of drug-likeness (QED) is 0.885. The van der Waals surface area contributed by atoms with Crippen molar-refractivity contribution in [2.45, 2.75) is 12.0 Å². The summed E-state index contributed by atoms with van der Waals surface area (Å²) in [5.74, 6) is -0.436. The van der Waals surface area contributed by atoms with E-state index < -0.39 is 11.5 Å². The lowest BCUT2D eigenvalue weighted by molar-refractivity contribution is -0.0594. The highest BCUT2D eigenvalue weighted by molar-refractivity contribution is 5.98. The van der Waals surface area contributed by atoms with E-state index in [2.05, 4.69) is 4.90 Å². The van der Waals surface area contributed by atoms with E-state index in [1.807, 2.05) is 67.7 Å². The highest BCUT2D eigenvalue weighted by Gasteiger charge is 2.45. The SMILES string of the molecule is CN1CC[C@](O)(c2ccccc2)[C@@H](C(=O)c2ccccc2)C1. The molecular weight excluding hydrogens is 274 g/mol. The molecule has 1 aliphatic heterocycles. The molecule has 0 bridgehead atoms. The summed E-state index contributed by atoms with van der Waals surface area (Å²) >= 11 is 0. The van der Waals surface area contributed by atoms with E-state index in [-0.39, 0.29) is 5.78 Å². The molecule has 0 aromatic heterocycles. The minimum Gasteiger partial charge on any atom is -0.384 e. The minimum absolute atomic E-state index is 0.0125. The second-order valence-electron chi connectivity index (χ2n) is 6.09. The lowest BCUT2D eigenvalue weighted by Gasteiger charge is -2.43. The molecule has 0 spiro atoms. The van der Waals surface area contributed by atoms with Crippen molar-refractivity contribution >= 4 is 5.78 Å². The van der Waals surface area contributed by atoms with Crippen LogP contribution in [0.5, 0.6) is 0 Å². The largest absolute Gasteiger partial charge is 0.384 e. The predicted molar refractivity (Wildman–Crippen MR) is 86.7 cm³/mol. The Labute approximate surface area is 131 Å². The van der Waals surface area contributed by atoms with E-state index >= 15 is 0 Å². The van der Waals surface area contributed by atoms with Gasteiger partial charge in [0.05, 0.1) is 5.92 Å². The first-order valence-corrected chi connectivity index (χ1v) is 7.67. The summed E-state index contributed by atoms with van der Waals surface area (Å²) in [7, 11) is 2.00. The molecule has 1 saturated heterocycles. The molecular formula is C19H21NO2. The number of hydrogen-bond acceptors (Lipinski definition) is 3. The van der Waals surface area contributed by atoms with Gasteiger partial charge in [0.1, 0.15) is 5.60 Å². The standard InChI is InChI=1S/C19H21NO2/c1-20-13-12-19(22,16-10-6-3-7-11-16)17(14-20)18(21)15-8-4-2-5-9-15/h2-11,17,22H,12-14H2,1H3/t17-,19+/m1/s1. The number of Topliss-reactive ketones (excluding diaryl/α,β-unsaturated/α-hetero) is 1. The number of piperidine rings is 1. The Bertz CT molecular complexity index is 641. The Morgan fingerprint density at radius 1 is 1.09 bits per heavy atom. The van der Waals surface area contributed by atoms with Crippen LogP contribution in [0.2, 0.25) is 0 Å². The van der Waals surface area contributed by atoms with Gasteiger partial charge < -0.3 is 10.0 Å². The van der Waals surface area contributed by atoms with Crippen LogP contribution in [-0.2, 0) is 5.60 Å². The molecule has 2 atom stereocenters. The van der Waals surface area contributed by atoms with Gasteiger partial charge in [-0.3, -0.25) is 4.79 Å². The van der Waals surface area contributed by atoms with E-state index in [1.54, 1.807) is 0 Å². The van der Waals surface area contributed by atoms with E-state index in [0.29, 0.717) is 18.5 Å². The predicted octanol–water partition coefficient (Wildman–Crippen LogP) is 2.71. The fraction of sp³-hybridized carbons (Fsp3) is 0.316. The van der Waals surface area contributed by atoms with Crippen LogP contribution in [0.3, 0.4) is 0 Å². The number of carbonyl (C=O) groups is 1. The van der Waals surface area contributed by atoms with Gasteiger partial charge in [0, 0.05) is 18.7 Å². The summed E-state index contributed by atoms with van der Waals surface area (Å²) in [4.78, 5) is 15.1. The number of aliphatic hydroxyl groups is 1. The highest BCUT2D eigenvalue weighted by atomic mass is 16.3. The van der Waals surface area contributed by atoms with Crippen LogP contribution in [0.15, 0.2) is 60.7 Å². The van der Waals surface area contributed by atoms with Crippen LogP contribution in [-0.4, -0.2) is 35.9 Å². The topological polar surface area (TPSA) is 40.5 Å². The van der Waals surface area contributed by atoms with E-state index in [4.69, 9.17) is 0 Å². The van der Waals surface area contributed by atoms with Gasteiger partial charge in [0.25, 0.3) is 0 Å². The van der Waals surface area contributed by atoms with Crippen LogP contribution in [0.4, 0.5) is 0 Å². The third kappa shape index (κ3) is 2.70. The molecule has 114 valence electrons. The number of nitrogens with zero attached hydrogens (tertiary/aromatic N) is 1. The van der Waals surface area contributed by atoms with Gasteiger partial charge in [-0.05, 0) is 19.0 Å². The lowest BCUT2D eigenvalue weighted by atomic mass is 9.73. The van der Waals surface area contributed by atoms with Gasteiger partial charge >= 0.3 is 0 Å². The van der Waals surface area contributed by atoms with Gasteiger partial charge in [-0.15, -0.1) is 0 Å². The van der Waals surface area contributed by atoms with Gasteiger partial charge in [-0.1, -0.05) is 60.7 Å². The molecule has 1 N–H and O–H groups in total. The van der Waals surface area contributed by atoms with Crippen LogP contribution in [0.1, 0.15) is 22.3 Å². The number of carbonyl (C=O) groups excluding carboxylic acids is 1. The summed E-state index contributed by atoms with van der Waals surface area (Å²) in [6.07, 6.45) is 0.566. The number of benzene rings is 2. The lowest BCUT2D eigenvalue weighted by Crippen LogP contribution is -2.52. The molecule has 2 aromatic rings. The van der Waals surface area contributed by atoms with E-state index in [0.717, 1.165) is 12.1 Å². The van der Waals surface area contributed by atoms with Crippen molar-refractivity contribution in [2.75, 3.05) is 20.1 Å². The van der Waals surface area contributed by atoms with Gasteiger partial charge in [0.2, 0.25) is 0 Å². The Morgan fingerprint density at radius 3 is 2.32 bits per heavy atom. The molecule has 3 nitrogen and oxygen atoms in total. The maximum absolute atomic E-state index is 12.9. The third-order valence-electron chi connectivity index (χ3n) is 4.59. The Balaban J connectivity index is 1.99. The van der Waals surface area contributed by atoms with Crippen LogP contribution < -0.4 is 0 Å². The van der Waals surface area contributed by atoms with Crippen LogP contribution in [0, 0.1) is 5.92 Å². The Morgan fingerprint density at radius 2 is 1.68 bits per heavy atom. The molecule has 1 fully saturated rings. The molecule has 1 aliphatic rings. The van der Waals surface area contributed by atoms with E-state index in [9.17, 15) is 9.90 Å². The molecule has 3 heteroatoms. The van der Waals surface area contributed by atoms with Crippen molar-refractivity contribution in [3.8, 4) is 0 Å². The average Bonchev–Trinajstić information content (AvgIpc) is 2.58. The Hall–Kier alpha value is -1.97. The summed E-state index contributed by atoms with van der Waals surface area (Å²) in [6.45, 7) is 1.35. The maximum atomic E-state index is 12.9. The summed E-state index contributed by atoms with van der Waals surface area (Å²) in [6, 6.07) is 18.8. The first kappa shape index (κ1) is 14.9. The second kappa shape index (κ2) is 6.03. The zero-order valence-electron chi connectivity index (χ0n) is 12.8. The van der Waals surface area contributed by atoms with Crippen molar-refractivity contribution < 1.29 is 9.90 Å². The van der Waals surface area contributed by atoms with Gasteiger partial charge in [-0.2, -0.15) is 0 Å². The molecule has 0 unspecified atom stereocenters. The normalized spacial score (nSPS) is 25.8. The van der Waals surface area contributed by atoms with Crippen molar-refractivity contribution in [3.63, 3.8) is 0 Å². The molecule has 0 amide bonds. The van der Waals surface area contributed by atoms with Gasteiger partial charge in [-0.25, -0.2) is 0 Å². The number of hydrogen-bond donors (Lipinski definition) is 1. The molecule has 0 radical (unpaired) electrons. The molecule has 2 aromatic carbocycles. The molecule has 0 aliphatic carbocycles. The third-order valence-corrected chi connectivity index (χ3v) is 4.59. The second-order valence-corrected chi connectivity index (χ2v) is 6.09. The monoisotopic (exact) mass is 295 g/mol. The zero-order valence-corrected chi connectivity index (χ0v) is 12.8. The Kier molecular flexibility index (Phi) is 4.10. The van der Waals surface area contributed by atoms with Crippen molar-refractivity contribution in [2.24, 2.45) is 5.92 Å². The minimum atomic E-state index is -1.10. The summed E-state index contributed by atoms with van der Waals surface area (Å²) in [5, 5.41) is 11.3. The fourth-order valence-corrected chi connectivity index (χ4v) is 3.27. The van der Waals surface area contributed by atoms with E-state index in [1.165, 1.54) is 0 Å². The first-order chi connectivity index (χ1) is 10.6. The average molecular weight is 295 g/mol. The molecule has 3 rings (SSSR count). The molecule has 0 saturated carbocycles. The van der Waals surface area contributed by atoms with Crippen LogP contribution >= 0.6 is 0 Å². The molecule has 22 heavy (non-hydrogen) atoms. The fourth-order valence-electron chi connectivity index (χ4n) is 3.27. The maximum Gasteiger partial charge on any atom is 0.170 e. The van der Waals surface area contributed by atoms with Crippen molar-refractivity contribution in [3.05, 3.63) is 71.8 Å². The first-order valence-electron chi connectivity index (χ1n) is 7.67. The molecule has 1 heterocycles. The highest BCUT2D eigenvalue weighted by Crippen LogP contribution is 2.38. The number of ketones is 1. The van der Waals surface area contributed by atoms with Crippen molar-refractivity contribution in [1.29, 1.82) is 0 Å². The van der Waals surface area contributed by atoms with Gasteiger partial charge in [0.15, 0.2) is 5.78 Å². The zero-order chi connectivity index (χ0) is 15.6. The van der Waals surface area contributed by atoms with Crippen molar-refractivity contribution in [1.82, 2.24) is 4.90 Å². The van der Waals surface area contributed by atoms with Crippen LogP contribution in [0.25, 0.3) is 0 Å². The summed E-state index contributed by atoms with van der Waals surface area (Å²) < 4.78 is 0. The smallest absolute Gasteiger partial charge is 0.170 e. The number of rotatable bonds is 3. The number of likely N-dealkylation sites (tertiary alicyclic amines) is 1.